The highest BCUT2D eigenvalue weighted by molar-refractivity contribution is 4.81. The number of aliphatic hydroxyl groups excluding tert-OH is 2. The van der Waals surface area contributed by atoms with Crippen molar-refractivity contribution in [3.05, 3.63) is 0 Å². The van der Waals surface area contributed by atoms with Crippen LogP contribution in [0.1, 0.15) is 92.4 Å². The molecule has 0 aromatic heterocycles. The summed E-state index contributed by atoms with van der Waals surface area (Å²) in [5.74, 6) is 2.32. The molecule has 0 aliphatic carbocycles. The first kappa shape index (κ1) is 22.9. The molecule has 0 unspecified atom stereocenters. The van der Waals surface area contributed by atoms with E-state index in [-0.39, 0.29) is 6.61 Å². The minimum Gasteiger partial charge on any atom is -0.394 e. The zero-order valence-electron chi connectivity index (χ0n) is 16.2. The van der Waals surface area contributed by atoms with Crippen molar-refractivity contribution in [2.24, 2.45) is 17.8 Å². The van der Waals surface area contributed by atoms with Crippen molar-refractivity contribution in [3.8, 4) is 0 Å². The summed E-state index contributed by atoms with van der Waals surface area (Å²) >= 11 is 0. The fourth-order valence-electron chi connectivity index (χ4n) is 3.15. The molecular formula is C20H42O3. The Balaban J connectivity index is 3.69. The summed E-state index contributed by atoms with van der Waals surface area (Å²) in [5, 5.41) is 28.5. The molecule has 0 spiro atoms. The number of hydrogen-bond acceptors (Lipinski definition) is 3. The van der Waals surface area contributed by atoms with E-state index in [1.54, 1.807) is 6.92 Å². The van der Waals surface area contributed by atoms with Gasteiger partial charge in [0.1, 0.15) is 6.10 Å². The first-order valence-electron chi connectivity index (χ1n) is 9.70. The molecule has 0 aromatic carbocycles. The van der Waals surface area contributed by atoms with Gasteiger partial charge in [-0.2, -0.15) is 0 Å². The molecule has 3 N–H and O–H groups in total. The van der Waals surface area contributed by atoms with E-state index in [1.807, 2.05) is 0 Å². The summed E-state index contributed by atoms with van der Waals surface area (Å²) in [6, 6.07) is 0. The molecule has 0 aliphatic heterocycles. The van der Waals surface area contributed by atoms with Crippen LogP contribution in [0.4, 0.5) is 0 Å². The van der Waals surface area contributed by atoms with Crippen molar-refractivity contribution in [3.63, 3.8) is 0 Å². The molecule has 0 aliphatic rings. The Labute approximate surface area is 144 Å². The molecule has 4 atom stereocenters. The van der Waals surface area contributed by atoms with Gasteiger partial charge in [-0.3, -0.25) is 0 Å². The maximum absolute atomic E-state index is 10.1. The molecule has 0 amide bonds. The van der Waals surface area contributed by atoms with Crippen LogP contribution in [0.25, 0.3) is 0 Å². The molecule has 0 aromatic rings. The Morgan fingerprint density at radius 1 is 0.783 bits per heavy atom. The van der Waals surface area contributed by atoms with E-state index in [0.717, 1.165) is 24.7 Å². The van der Waals surface area contributed by atoms with E-state index in [0.29, 0.717) is 12.3 Å². The van der Waals surface area contributed by atoms with Crippen molar-refractivity contribution in [2.75, 3.05) is 6.61 Å². The lowest BCUT2D eigenvalue weighted by atomic mass is 9.88. The average Bonchev–Trinajstić information content (AvgIpc) is 2.45. The highest BCUT2D eigenvalue weighted by Gasteiger charge is 2.29. The molecule has 3 nitrogen and oxygen atoms in total. The molecule has 140 valence electrons. The van der Waals surface area contributed by atoms with E-state index in [4.69, 9.17) is 5.11 Å². The van der Waals surface area contributed by atoms with Gasteiger partial charge < -0.3 is 15.3 Å². The van der Waals surface area contributed by atoms with Gasteiger partial charge in [-0.25, -0.2) is 0 Å². The highest BCUT2D eigenvalue weighted by atomic mass is 16.4. The molecule has 0 heterocycles. The lowest BCUT2D eigenvalue weighted by Gasteiger charge is -2.28. The van der Waals surface area contributed by atoms with Crippen LogP contribution < -0.4 is 0 Å². The van der Waals surface area contributed by atoms with Gasteiger partial charge in [0.25, 0.3) is 0 Å². The first-order chi connectivity index (χ1) is 10.7. The molecule has 0 bridgehead atoms. The lowest BCUT2D eigenvalue weighted by Crippen LogP contribution is -2.41. The minimum atomic E-state index is -1.17. The monoisotopic (exact) mass is 330 g/mol. The maximum atomic E-state index is 10.1. The van der Waals surface area contributed by atoms with Crippen molar-refractivity contribution >= 4 is 0 Å². The van der Waals surface area contributed by atoms with Crippen molar-refractivity contribution in [1.82, 2.24) is 0 Å². The second kappa shape index (κ2) is 12.3. The average molecular weight is 331 g/mol. The second-order valence-electron chi connectivity index (χ2n) is 8.41. The van der Waals surface area contributed by atoms with Gasteiger partial charge in [-0.1, -0.05) is 79.1 Å². The van der Waals surface area contributed by atoms with Crippen LogP contribution in [-0.2, 0) is 0 Å². The predicted octanol–water partition coefficient (Wildman–Crippen LogP) is 4.53. The second-order valence-corrected chi connectivity index (χ2v) is 8.41. The van der Waals surface area contributed by atoms with E-state index < -0.39 is 11.7 Å². The molecule has 0 radical (unpaired) electrons. The number of rotatable bonds is 14. The summed E-state index contributed by atoms with van der Waals surface area (Å²) in [6.07, 6.45) is 9.41. The highest BCUT2D eigenvalue weighted by Crippen LogP contribution is 2.24. The van der Waals surface area contributed by atoms with Crippen LogP contribution >= 0.6 is 0 Å². The molecule has 0 saturated carbocycles. The first-order valence-corrected chi connectivity index (χ1v) is 9.70. The van der Waals surface area contributed by atoms with Crippen LogP contribution in [0.2, 0.25) is 0 Å². The van der Waals surface area contributed by atoms with Crippen LogP contribution in [0, 0.1) is 17.8 Å². The Bertz CT molecular complexity index is 276. The normalized spacial score (nSPS) is 18.7. The van der Waals surface area contributed by atoms with Gasteiger partial charge in [0, 0.05) is 0 Å². The van der Waals surface area contributed by atoms with Gasteiger partial charge >= 0.3 is 0 Å². The van der Waals surface area contributed by atoms with Gasteiger partial charge in [0.15, 0.2) is 0 Å². The maximum Gasteiger partial charge on any atom is 0.105 e. The predicted molar refractivity (Wildman–Crippen MR) is 98.4 cm³/mol. The minimum absolute atomic E-state index is 0.378. The Morgan fingerprint density at radius 3 is 1.65 bits per heavy atom. The zero-order chi connectivity index (χ0) is 17.9. The van der Waals surface area contributed by atoms with Crippen LogP contribution in [0.5, 0.6) is 0 Å². The van der Waals surface area contributed by atoms with Crippen molar-refractivity contribution in [1.29, 1.82) is 0 Å². The lowest BCUT2D eigenvalue weighted by molar-refractivity contribution is -0.0886. The fraction of sp³-hybridized carbons (Fsp3) is 1.00. The topological polar surface area (TPSA) is 60.7 Å². The Hall–Kier alpha value is -0.120. The SMILES string of the molecule is CC(C)CCC[C@@H](C)CCC[C@@H](C)CCC[C@@](C)(O)[C@H](O)CO. The molecule has 3 heteroatoms. The third-order valence-corrected chi connectivity index (χ3v) is 5.14. The zero-order valence-corrected chi connectivity index (χ0v) is 16.2. The van der Waals surface area contributed by atoms with Crippen molar-refractivity contribution < 1.29 is 15.3 Å². The smallest absolute Gasteiger partial charge is 0.105 e. The largest absolute Gasteiger partial charge is 0.394 e. The summed E-state index contributed by atoms with van der Waals surface area (Å²) in [4.78, 5) is 0. The third kappa shape index (κ3) is 12.0. The standard InChI is InChI=1S/C20H42O3/c1-16(2)9-6-10-17(3)11-7-12-18(4)13-8-14-20(5,23)19(22)15-21/h16-19,21-23H,6-15H2,1-5H3/t17-,18-,19-,20-/m1/s1. The fourth-order valence-corrected chi connectivity index (χ4v) is 3.15. The van der Waals surface area contributed by atoms with E-state index in [9.17, 15) is 10.2 Å². The summed E-state index contributed by atoms with van der Waals surface area (Å²) in [7, 11) is 0. The van der Waals surface area contributed by atoms with Gasteiger partial charge in [0.2, 0.25) is 0 Å². The van der Waals surface area contributed by atoms with E-state index >= 15 is 0 Å². The number of hydrogen-bond donors (Lipinski definition) is 3. The summed E-state index contributed by atoms with van der Waals surface area (Å²) in [6.45, 7) is 10.5. The van der Waals surface area contributed by atoms with E-state index in [2.05, 4.69) is 27.7 Å². The number of aliphatic hydroxyl groups is 3. The van der Waals surface area contributed by atoms with Gasteiger partial charge in [-0.15, -0.1) is 0 Å². The van der Waals surface area contributed by atoms with Crippen LogP contribution in [-0.4, -0.2) is 33.6 Å². The Kier molecular flexibility index (Phi) is 12.2. The molecule has 0 rings (SSSR count). The molecular weight excluding hydrogens is 288 g/mol. The van der Waals surface area contributed by atoms with E-state index in [1.165, 1.54) is 38.5 Å². The summed E-state index contributed by atoms with van der Waals surface area (Å²) in [5.41, 5.74) is -1.17. The third-order valence-electron chi connectivity index (χ3n) is 5.14. The van der Waals surface area contributed by atoms with Gasteiger partial charge in [0.05, 0.1) is 12.2 Å². The molecule has 23 heavy (non-hydrogen) atoms. The van der Waals surface area contributed by atoms with Crippen LogP contribution in [0.3, 0.4) is 0 Å². The molecule has 0 fully saturated rings. The van der Waals surface area contributed by atoms with Crippen LogP contribution in [0.15, 0.2) is 0 Å². The van der Waals surface area contributed by atoms with Crippen molar-refractivity contribution in [2.45, 2.75) is 104 Å². The Morgan fingerprint density at radius 2 is 1.22 bits per heavy atom. The molecule has 0 saturated heterocycles. The quantitative estimate of drug-likeness (QED) is 0.438. The summed E-state index contributed by atoms with van der Waals surface area (Å²) < 4.78 is 0. The van der Waals surface area contributed by atoms with Gasteiger partial charge in [-0.05, 0) is 31.1 Å².